The van der Waals surface area contributed by atoms with Gasteiger partial charge >= 0.3 is 0 Å². The molecule has 0 unspecified atom stereocenters. The number of nitrogens with zero attached hydrogens (tertiary/aromatic N) is 2. The number of carbonyl (C=O) groups excluding carboxylic acids is 1. The molecule has 0 radical (unpaired) electrons. The monoisotopic (exact) mass is 517 g/mol. The van der Waals surface area contributed by atoms with Crippen molar-refractivity contribution in [3.05, 3.63) is 71.4 Å². The lowest BCUT2D eigenvalue weighted by atomic mass is 9.97. The standard InChI is InChI=1S/C27H27F4N3OS/c1-17-22(18-7-9-19(10-8-18)24(28)29)16-32-25(34-13-4-11-27(30,31)12-14-34)23(17)26(35)33-20-5-3-6-21(15-20)36-2/h3,5-10,15-16,24H,4,11-14H2,1-2H3,(H,33,35). The molecular formula is C27H27F4N3OS. The van der Waals surface area contributed by atoms with E-state index in [1.165, 1.54) is 12.1 Å². The average Bonchev–Trinajstić information content (AvgIpc) is 3.04. The van der Waals surface area contributed by atoms with Crippen molar-refractivity contribution < 1.29 is 22.4 Å². The van der Waals surface area contributed by atoms with Crippen LogP contribution in [0, 0.1) is 6.92 Å². The van der Waals surface area contributed by atoms with Crippen LogP contribution in [0.2, 0.25) is 0 Å². The molecule has 190 valence electrons. The Morgan fingerprint density at radius 2 is 1.86 bits per heavy atom. The van der Waals surface area contributed by atoms with Crippen LogP contribution >= 0.6 is 11.8 Å². The predicted octanol–water partition coefficient (Wildman–Crippen LogP) is 7.59. The molecule has 0 bridgehead atoms. The highest BCUT2D eigenvalue weighted by molar-refractivity contribution is 7.98. The zero-order valence-corrected chi connectivity index (χ0v) is 20.8. The minimum atomic E-state index is -2.75. The maximum Gasteiger partial charge on any atom is 0.263 e. The van der Waals surface area contributed by atoms with Crippen molar-refractivity contribution in [3.8, 4) is 11.1 Å². The second-order valence-corrected chi connectivity index (χ2v) is 9.68. The van der Waals surface area contributed by atoms with E-state index in [1.807, 2.05) is 24.5 Å². The second-order valence-electron chi connectivity index (χ2n) is 8.80. The minimum Gasteiger partial charge on any atom is -0.356 e. The number of alkyl halides is 4. The van der Waals surface area contributed by atoms with Crippen LogP contribution in [0.4, 0.5) is 29.1 Å². The van der Waals surface area contributed by atoms with Crippen molar-refractivity contribution in [1.29, 1.82) is 0 Å². The summed E-state index contributed by atoms with van der Waals surface area (Å²) in [7, 11) is 0. The third-order valence-electron chi connectivity index (χ3n) is 6.36. The number of carbonyl (C=O) groups is 1. The van der Waals surface area contributed by atoms with Gasteiger partial charge in [0.05, 0.1) is 5.56 Å². The van der Waals surface area contributed by atoms with Crippen molar-refractivity contribution in [2.45, 2.75) is 43.4 Å². The van der Waals surface area contributed by atoms with Crippen molar-refractivity contribution >= 4 is 29.2 Å². The molecule has 1 fully saturated rings. The number of halogens is 4. The van der Waals surface area contributed by atoms with Gasteiger partial charge in [-0.1, -0.05) is 30.3 Å². The number of benzene rings is 2. The highest BCUT2D eigenvalue weighted by Gasteiger charge is 2.33. The number of hydrogen-bond acceptors (Lipinski definition) is 4. The molecule has 3 aromatic rings. The largest absolute Gasteiger partial charge is 0.356 e. The van der Waals surface area contributed by atoms with Crippen molar-refractivity contribution in [3.63, 3.8) is 0 Å². The van der Waals surface area contributed by atoms with Gasteiger partial charge in [0.2, 0.25) is 5.92 Å². The fourth-order valence-corrected chi connectivity index (χ4v) is 4.83. The molecule has 1 saturated heterocycles. The van der Waals surface area contributed by atoms with Gasteiger partial charge in [-0.15, -0.1) is 11.8 Å². The topological polar surface area (TPSA) is 45.2 Å². The molecule has 36 heavy (non-hydrogen) atoms. The van der Waals surface area contributed by atoms with Gasteiger partial charge in [-0.2, -0.15) is 0 Å². The first-order valence-electron chi connectivity index (χ1n) is 11.6. The normalized spacial score (nSPS) is 15.6. The molecule has 1 aliphatic heterocycles. The van der Waals surface area contributed by atoms with Crippen LogP contribution in [0.25, 0.3) is 11.1 Å². The highest BCUT2D eigenvalue weighted by atomic mass is 32.2. The van der Waals surface area contributed by atoms with Crippen molar-refractivity contribution in [2.75, 3.05) is 29.6 Å². The van der Waals surface area contributed by atoms with Crippen molar-refractivity contribution in [2.24, 2.45) is 0 Å². The third-order valence-corrected chi connectivity index (χ3v) is 7.09. The first-order valence-corrected chi connectivity index (χ1v) is 12.9. The van der Waals surface area contributed by atoms with E-state index in [-0.39, 0.29) is 36.9 Å². The zero-order valence-electron chi connectivity index (χ0n) is 20.0. The molecule has 0 aliphatic carbocycles. The summed E-state index contributed by atoms with van der Waals surface area (Å²) in [6.07, 6.45) is 0.685. The maximum atomic E-state index is 14.0. The van der Waals surface area contributed by atoms with Crippen molar-refractivity contribution in [1.82, 2.24) is 4.98 Å². The number of anilines is 2. The van der Waals surface area contributed by atoms with Gasteiger partial charge in [0.25, 0.3) is 12.3 Å². The van der Waals surface area contributed by atoms with E-state index >= 15 is 0 Å². The van der Waals surface area contributed by atoms with Crippen LogP contribution in [0.15, 0.2) is 59.6 Å². The summed E-state index contributed by atoms with van der Waals surface area (Å²) in [5, 5.41) is 2.92. The molecule has 0 spiro atoms. The maximum absolute atomic E-state index is 14.0. The molecule has 1 aromatic heterocycles. The van der Waals surface area contributed by atoms with Crippen LogP contribution in [0.3, 0.4) is 0 Å². The number of hydrogen-bond donors (Lipinski definition) is 1. The van der Waals surface area contributed by atoms with E-state index in [1.54, 1.807) is 48.0 Å². The predicted molar refractivity (Wildman–Crippen MR) is 137 cm³/mol. The van der Waals surface area contributed by atoms with E-state index in [0.29, 0.717) is 34.7 Å². The van der Waals surface area contributed by atoms with Crippen LogP contribution < -0.4 is 10.2 Å². The van der Waals surface area contributed by atoms with Gasteiger partial charge in [-0.3, -0.25) is 4.79 Å². The molecule has 2 aromatic carbocycles. The van der Waals surface area contributed by atoms with E-state index < -0.39 is 18.3 Å². The number of pyridine rings is 1. The lowest BCUT2D eigenvalue weighted by Crippen LogP contribution is -2.30. The Balaban J connectivity index is 1.76. The van der Waals surface area contributed by atoms with E-state index in [0.717, 1.165) is 4.90 Å². The first-order chi connectivity index (χ1) is 17.2. The fourth-order valence-electron chi connectivity index (χ4n) is 4.37. The number of thioether (sulfide) groups is 1. The molecule has 1 N–H and O–H groups in total. The Morgan fingerprint density at radius 1 is 1.11 bits per heavy atom. The Morgan fingerprint density at radius 3 is 2.56 bits per heavy atom. The molecule has 1 amide bonds. The van der Waals surface area contributed by atoms with Crippen LogP contribution in [0.1, 0.15) is 47.2 Å². The fraction of sp³-hybridized carbons (Fsp3) is 0.333. The Kier molecular flexibility index (Phi) is 7.88. The quantitative estimate of drug-likeness (QED) is 0.270. The second kappa shape index (κ2) is 10.9. The summed E-state index contributed by atoms with van der Waals surface area (Å²) >= 11 is 1.54. The third kappa shape index (κ3) is 5.83. The number of rotatable bonds is 6. The lowest BCUT2D eigenvalue weighted by Gasteiger charge is -2.26. The molecule has 1 aliphatic rings. The average molecular weight is 518 g/mol. The lowest BCUT2D eigenvalue weighted by molar-refractivity contribution is -0.0102. The van der Waals surface area contributed by atoms with E-state index in [4.69, 9.17) is 0 Å². The summed E-state index contributed by atoms with van der Waals surface area (Å²) in [5.74, 6) is -2.82. The molecule has 4 rings (SSSR count). The van der Waals surface area contributed by atoms with Gasteiger partial charge in [0.1, 0.15) is 5.82 Å². The smallest absolute Gasteiger partial charge is 0.263 e. The molecule has 9 heteroatoms. The van der Waals surface area contributed by atoms with E-state index in [9.17, 15) is 22.4 Å². The van der Waals surface area contributed by atoms with Crippen LogP contribution in [-0.2, 0) is 0 Å². The number of aromatic nitrogens is 1. The summed E-state index contributed by atoms with van der Waals surface area (Å²) in [6, 6.07) is 13.2. The molecule has 0 atom stereocenters. The van der Waals surface area contributed by atoms with Gasteiger partial charge in [0.15, 0.2) is 0 Å². The Hall–Kier alpha value is -3.07. The Labute approximate surface area is 212 Å². The molecule has 0 saturated carbocycles. The highest BCUT2D eigenvalue weighted by Crippen LogP contribution is 2.35. The summed E-state index contributed by atoms with van der Waals surface area (Å²) < 4.78 is 54.2. The van der Waals surface area contributed by atoms with E-state index in [2.05, 4.69) is 10.3 Å². The van der Waals surface area contributed by atoms with Crippen LogP contribution in [0.5, 0.6) is 0 Å². The number of nitrogens with one attached hydrogen (secondary N) is 1. The van der Waals surface area contributed by atoms with Gasteiger partial charge in [-0.05, 0) is 48.9 Å². The molecule has 2 heterocycles. The number of amides is 1. The summed E-state index contributed by atoms with van der Waals surface area (Å²) in [6.45, 7) is 2.19. The Bertz CT molecular complexity index is 1230. The molecule has 4 nitrogen and oxygen atoms in total. The molecular weight excluding hydrogens is 490 g/mol. The zero-order chi connectivity index (χ0) is 25.9. The minimum absolute atomic E-state index is 0.0735. The van der Waals surface area contributed by atoms with Crippen LogP contribution in [-0.4, -0.2) is 36.2 Å². The van der Waals surface area contributed by atoms with Gasteiger partial charge in [-0.25, -0.2) is 22.5 Å². The summed E-state index contributed by atoms with van der Waals surface area (Å²) in [4.78, 5) is 20.9. The van der Waals surface area contributed by atoms with Gasteiger partial charge in [0, 0.05) is 53.8 Å². The summed E-state index contributed by atoms with van der Waals surface area (Å²) in [5.41, 5.74) is 2.63. The first kappa shape index (κ1) is 26.0. The SMILES string of the molecule is CSc1cccc(NC(=O)c2c(N3CCCC(F)(F)CC3)ncc(-c3ccc(C(F)F)cc3)c2C)c1. The van der Waals surface area contributed by atoms with Gasteiger partial charge < -0.3 is 10.2 Å².